The Bertz CT molecular complexity index is 768. The number of carbonyl (C=O) groups is 3. The van der Waals surface area contributed by atoms with Gasteiger partial charge >= 0.3 is 5.97 Å². The van der Waals surface area contributed by atoms with Crippen molar-refractivity contribution in [3.8, 4) is 11.5 Å². The number of phenolic OH excluding ortho intramolecular Hbond substituents is 2. The van der Waals surface area contributed by atoms with Gasteiger partial charge in [0.05, 0.1) is 16.7 Å². The van der Waals surface area contributed by atoms with E-state index in [9.17, 15) is 29.7 Å². The Morgan fingerprint density at radius 3 is 2.24 bits per heavy atom. The van der Waals surface area contributed by atoms with Gasteiger partial charge in [0.2, 0.25) is 0 Å². The van der Waals surface area contributed by atoms with Crippen molar-refractivity contribution in [3.63, 3.8) is 0 Å². The van der Waals surface area contributed by atoms with Crippen molar-refractivity contribution < 1.29 is 34.4 Å². The molecule has 1 aromatic carbocycles. The van der Waals surface area contributed by atoms with Gasteiger partial charge in [-0.25, -0.2) is 0 Å². The topological polar surface area (TPSA) is 121 Å². The number of hydrogen-bond acceptors (Lipinski definition) is 7. The lowest BCUT2D eigenvalue weighted by Crippen LogP contribution is -2.31. The predicted molar refractivity (Wildman–Crippen MR) is 87.6 cm³/mol. The smallest absolute Gasteiger partial charge is 0.303 e. The number of fused-ring (bicyclic) bond motifs is 1. The number of esters is 1. The number of rotatable bonds is 5. The van der Waals surface area contributed by atoms with Crippen LogP contribution < -0.4 is 0 Å². The zero-order chi connectivity index (χ0) is 18.9. The van der Waals surface area contributed by atoms with Crippen LogP contribution in [0, 0.1) is 0 Å². The Kier molecular flexibility index (Phi) is 4.99. The molecule has 1 atom stereocenters. The Morgan fingerprint density at radius 2 is 1.72 bits per heavy atom. The molecule has 7 heteroatoms. The molecular formula is C18H20O7. The lowest BCUT2D eigenvalue weighted by Gasteiger charge is -2.26. The van der Waals surface area contributed by atoms with Crippen LogP contribution >= 0.6 is 0 Å². The molecule has 0 amide bonds. The van der Waals surface area contributed by atoms with E-state index in [1.54, 1.807) is 13.8 Å². The number of ether oxygens (including phenoxy) is 1. The molecule has 25 heavy (non-hydrogen) atoms. The summed E-state index contributed by atoms with van der Waals surface area (Å²) in [5.74, 6) is -2.88. The molecule has 0 unspecified atom stereocenters. The number of aliphatic hydroxyl groups is 1. The van der Waals surface area contributed by atoms with E-state index >= 15 is 0 Å². The molecule has 3 N–H and O–H groups in total. The standard InChI is InChI=1S/C18H20O7/c1-9(19)25-14(6-7-18(2,3)24)10-8-13(22)15-11(20)4-5-12(21)16(15)17(10)23/h4-5,8,14,20-21,24H,6-7H2,1-3H3/t14-/m0/s1. The molecule has 0 bridgehead atoms. The largest absolute Gasteiger partial charge is 0.507 e. The summed E-state index contributed by atoms with van der Waals surface area (Å²) in [4.78, 5) is 36.4. The van der Waals surface area contributed by atoms with Crippen molar-refractivity contribution in [1.82, 2.24) is 0 Å². The Morgan fingerprint density at radius 1 is 1.16 bits per heavy atom. The highest BCUT2D eigenvalue weighted by molar-refractivity contribution is 6.27. The second-order valence-electron chi connectivity index (χ2n) is 6.60. The maximum Gasteiger partial charge on any atom is 0.303 e. The number of phenols is 2. The van der Waals surface area contributed by atoms with Crippen molar-refractivity contribution in [1.29, 1.82) is 0 Å². The van der Waals surface area contributed by atoms with Crippen LogP contribution in [0.5, 0.6) is 11.5 Å². The lowest BCUT2D eigenvalue weighted by molar-refractivity contribution is -0.145. The fourth-order valence-electron chi connectivity index (χ4n) is 2.68. The van der Waals surface area contributed by atoms with Crippen LogP contribution in [0.3, 0.4) is 0 Å². The minimum atomic E-state index is -1.06. The second-order valence-corrected chi connectivity index (χ2v) is 6.60. The van der Waals surface area contributed by atoms with E-state index in [1.165, 1.54) is 6.92 Å². The van der Waals surface area contributed by atoms with Crippen LogP contribution in [0.15, 0.2) is 23.8 Å². The molecule has 1 aliphatic rings. The zero-order valence-corrected chi connectivity index (χ0v) is 14.2. The fraction of sp³-hybridized carbons (Fsp3) is 0.389. The summed E-state index contributed by atoms with van der Waals surface area (Å²) in [5, 5.41) is 29.6. The molecule has 0 fully saturated rings. The Labute approximate surface area is 144 Å². The number of carbonyl (C=O) groups excluding carboxylic acids is 3. The summed E-state index contributed by atoms with van der Waals surface area (Å²) in [7, 11) is 0. The highest BCUT2D eigenvalue weighted by atomic mass is 16.5. The van der Waals surface area contributed by atoms with Gasteiger partial charge < -0.3 is 20.1 Å². The van der Waals surface area contributed by atoms with Crippen molar-refractivity contribution in [2.75, 3.05) is 0 Å². The van der Waals surface area contributed by atoms with Gasteiger partial charge in [0, 0.05) is 12.5 Å². The van der Waals surface area contributed by atoms with E-state index in [2.05, 4.69) is 0 Å². The summed E-state index contributed by atoms with van der Waals surface area (Å²) in [6.45, 7) is 4.31. The number of allylic oxidation sites excluding steroid dienone is 1. The average molecular weight is 348 g/mol. The van der Waals surface area contributed by atoms with E-state index < -0.39 is 40.7 Å². The minimum Gasteiger partial charge on any atom is -0.507 e. The van der Waals surface area contributed by atoms with E-state index in [0.29, 0.717) is 0 Å². The van der Waals surface area contributed by atoms with Crippen molar-refractivity contribution in [2.24, 2.45) is 0 Å². The molecule has 2 rings (SSSR count). The van der Waals surface area contributed by atoms with Gasteiger partial charge in [-0.15, -0.1) is 0 Å². The third kappa shape index (κ3) is 4.06. The Balaban J connectivity index is 2.45. The highest BCUT2D eigenvalue weighted by Gasteiger charge is 2.36. The number of hydrogen-bond donors (Lipinski definition) is 3. The molecule has 0 saturated heterocycles. The summed E-state index contributed by atoms with van der Waals surface area (Å²) in [6, 6.07) is 2.23. The third-order valence-electron chi connectivity index (χ3n) is 3.86. The summed E-state index contributed by atoms with van der Waals surface area (Å²) in [6.07, 6.45) is 0.281. The molecule has 0 radical (unpaired) electrons. The minimum absolute atomic E-state index is 0.0992. The maximum absolute atomic E-state index is 12.7. The quantitative estimate of drug-likeness (QED) is 0.549. The molecule has 1 aliphatic carbocycles. The van der Waals surface area contributed by atoms with Gasteiger partial charge in [-0.3, -0.25) is 14.4 Å². The summed E-state index contributed by atoms with van der Waals surface area (Å²) in [5.41, 5.74) is -1.75. The van der Waals surface area contributed by atoms with E-state index in [1.807, 2.05) is 0 Å². The maximum atomic E-state index is 12.7. The number of ketones is 2. The first-order chi connectivity index (χ1) is 11.5. The molecule has 1 aromatic rings. The number of benzene rings is 1. The lowest BCUT2D eigenvalue weighted by atomic mass is 9.84. The molecular weight excluding hydrogens is 328 g/mol. The molecule has 134 valence electrons. The molecule has 7 nitrogen and oxygen atoms in total. The van der Waals surface area contributed by atoms with Crippen LogP contribution in [-0.2, 0) is 9.53 Å². The van der Waals surface area contributed by atoms with Crippen LogP contribution in [0.25, 0.3) is 0 Å². The van der Waals surface area contributed by atoms with Crippen LogP contribution in [0.2, 0.25) is 0 Å². The average Bonchev–Trinajstić information content (AvgIpc) is 2.48. The summed E-state index contributed by atoms with van der Waals surface area (Å²) < 4.78 is 5.15. The first-order valence-electron chi connectivity index (χ1n) is 7.76. The zero-order valence-electron chi connectivity index (χ0n) is 14.2. The van der Waals surface area contributed by atoms with Crippen LogP contribution in [0.1, 0.15) is 54.3 Å². The first kappa shape index (κ1) is 18.7. The van der Waals surface area contributed by atoms with Crippen molar-refractivity contribution in [3.05, 3.63) is 34.9 Å². The predicted octanol–water partition coefficient (Wildman–Crippen LogP) is 1.89. The molecule has 0 aliphatic heterocycles. The first-order valence-corrected chi connectivity index (χ1v) is 7.76. The molecule has 0 saturated carbocycles. The van der Waals surface area contributed by atoms with E-state index in [0.717, 1.165) is 18.2 Å². The van der Waals surface area contributed by atoms with E-state index in [-0.39, 0.29) is 29.5 Å². The van der Waals surface area contributed by atoms with Gasteiger partial charge in [-0.2, -0.15) is 0 Å². The normalized spacial score (nSPS) is 15.4. The second kappa shape index (κ2) is 6.68. The van der Waals surface area contributed by atoms with Gasteiger partial charge in [-0.1, -0.05) is 0 Å². The van der Waals surface area contributed by atoms with Gasteiger partial charge in [0.15, 0.2) is 11.6 Å². The molecule has 0 heterocycles. The summed E-state index contributed by atoms with van der Waals surface area (Å²) >= 11 is 0. The van der Waals surface area contributed by atoms with Gasteiger partial charge in [0.1, 0.15) is 17.6 Å². The highest BCUT2D eigenvalue weighted by Crippen LogP contribution is 2.36. The van der Waals surface area contributed by atoms with Crippen LogP contribution in [-0.4, -0.2) is 44.6 Å². The molecule has 0 spiro atoms. The number of aromatic hydroxyl groups is 2. The van der Waals surface area contributed by atoms with Gasteiger partial charge in [0.25, 0.3) is 0 Å². The fourth-order valence-corrected chi connectivity index (χ4v) is 2.68. The SMILES string of the molecule is CC(=O)O[C@@H](CCC(C)(C)O)C1=CC(=O)c2c(O)ccc(O)c2C1=O. The van der Waals surface area contributed by atoms with Crippen molar-refractivity contribution in [2.45, 2.75) is 45.3 Å². The van der Waals surface area contributed by atoms with Crippen LogP contribution in [0.4, 0.5) is 0 Å². The number of Topliss-reactive ketones (excluding diaryl/α,β-unsaturated/α-hetero) is 1. The van der Waals surface area contributed by atoms with E-state index in [4.69, 9.17) is 4.74 Å². The third-order valence-corrected chi connectivity index (χ3v) is 3.86. The Hall–Kier alpha value is -2.67. The van der Waals surface area contributed by atoms with Crippen molar-refractivity contribution >= 4 is 17.5 Å². The monoisotopic (exact) mass is 348 g/mol. The molecule has 0 aromatic heterocycles. The van der Waals surface area contributed by atoms with Gasteiger partial charge in [-0.05, 0) is 44.9 Å².